The normalized spacial score (nSPS) is 16.4. The van der Waals surface area contributed by atoms with Gasteiger partial charge < -0.3 is 10.6 Å². The summed E-state index contributed by atoms with van der Waals surface area (Å²) in [5.74, 6) is -0.365. The number of thiazole rings is 1. The molecule has 0 radical (unpaired) electrons. The van der Waals surface area contributed by atoms with E-state index in [0.29, 0.717) is 35.2 Å². The van der Waals surface area contributed by atoms with Crippen LogP contribution in [-0.4, -0.2) is 50.8 Å². The van der Waals surface area contributed by atoms with Gasteiger partial charge >= 0.3 is 0 Å². The average molecular weight is 551 g/mol. The lowest BCUT2D eigenvalue weighted by molar-refractivity contribution is -0.117. The summed E-state index contributed by atoms with van der Waals surface area (Å²) in [6, 6.07) is 4.02. The molecule has 1 saturated heterocycles. The topological polar surface area (TPSA) is 100 Å². The fraction of sp³-hybridized carbons (Fsp3) is 0.367. The van der Waals surface area contributed by atoms with Gasteiger partial charge in [0.1, 0.15) is 5.01 Å². The quantitative estimate of drug-likeness (QED) is 0.335. The third kappa shape index (κ3) is 6.85. The first-order chi connectivity index (χ1) is 18.9. The van der Waals surface area contributed by atoms with E-state index in [-0.39, 0.29) is 16.1 Å². The number of nitrogens with zero attached hydrogens (tertiary/aromatic N) is 4. The number of aromatic nitrogens is 3. The first-order valence-electron chi connectivity index (χ1n) is 13.5. The van der Waals surface area contributed by atoms with Crippen molar-refractivity contribution in [3.63, 3.8) is 0 Å². The zero-order chi connectivity index (χ0) is 27.9. The van der Waals surface area contributed by atoms with Gasteiger partial charge in [0.2, 0.25) is 5.91 Å². The summed E-state index contributed by atoms with van der Waals surface area (Å²) in [7, 11) is 0. The molecular formula is C30H42N6O2S. The van der Waals surface area contributed by atoms with Crippen LogP contribution < -0.4 is 10.6 Å². The molecule has 0 saturated carbocycles. The number of hydrogen-bond acceptors (Lipinski definition) is 7. The number of carbonyl (C=O) groups excluding carboxylic acids is 2. The molecule has 4 heterocycles. The van der Waals surface area contributed by atoms with Gasteiger partial charge in [0.05, 0.1) is 41.1 Å². The predicted molar refractivity (Wildman–Crippen MR) is 166 cm³/mol. The smallest absolute Gasteiger partial charge is 0.257 e. The van der Waals surface area contributed by atoms with E-state index in [9.17, 15) is 9.59 Å². The maximum absolute atomic E-state index is 13.1. The molecule has 210 valence electrons. The lowest BCUT2D eigenvalue weighted by Crippen LogP contribution is -2.35. The van der Waals surface area contributed by atoms with Gasteiger partial charge in [0, 0.05) is 27.6 Å². The van der Waals surface area contributed by atoms with Gasteiger partial charge in [-0.25, -0.2) is 4.98 Å². The van der Waals surface area contributed by atoms with E-state index in [1.54, 1.807) is 35.9 Å². The van der Waals surface area contributed by atoms with E-state index >= 15 is 0 Å². The number of aryl methyl sites for hydroxylation is 2. The van der Waals surface area contributed by atoms with Crippen LogP contribution in [0.15, 0.2) is 36.5 Å². The van der Waals surface area contributed by atoms with E-state index in [2.05, 4.69) is 50.1 Å². The van der Waals surface area contributed by atoms with Crippen molar-refractivity contribution in [1.82, 2.24) is 19.9 Å². The zero-order valence-corrected chi connectivity index (χ0v) is 23.9. The molecule has 0 aromatic carbocycles. The summed E-state index contributed by atoms with van der Waals surface area (Å²) in [4.78, 5) is 41.4. The number of carbonyl (C=O) groups is 2. The number of anilines is 2. The molecule has 2 aliphatic rings. The fourth-order valence-electron chi connectivity index (χ4n) is 4.75. The molecule has 2 N–H and O–H groups in total. The number of allylic oxidation sites excluding steroid dienone is 1. The summed E-state index contributed by atoms with van der Waals surface area (Å²) in [6.45, 7) is 13.0. The summed E-state index contributed by atoms with van der Waals surface area (Å²) in [6.07, 6.45) is 10.9. The minimum absolute atomic E-state index is 0. The van der Waals surface area contributed by atoms with E-state index in [4.69, 9.17) is 0 Å². The molecular weight excluding hydrogens is 508 g/mol. The number of likely N-dealkylation sites (tertiary alicyclic amines) is 1. The molecule has 9 heteroatoms. The molecule has 2 amide bonds. The number of nitrogens with one attached hydrogen (secondary N) is 2. The molecule has 8 nitrogen and oxygen atoms in total. The SMILES string of the molecule is C=Cc1nc(C2=Cc3cc(C(=O)Nc4cc(NC(=O)CN5CCC[C@@H]5C)cnc4C)cnc3CC2)cs1.CC.[HH].[HH].[HH]. The first-order valence-corrected chi connectivity index (χ1v) is 14.4. The lowest BCUT2D eigenvalue weighted by atomic mass is 9.94. The van der Waals surface area contributed by atoms with Crippen molar-refractivity contribution in [2.45, 2.75) is 59.4 Å². The highest BCUT2D eigenvalue weighted by atomic mass is 32.1. The number of pyridine rings is 2. The Labute approximate surface area is 238 Å². The molecule has 0 spiro atoms. The van der Waals surface area contributed by atoms with Crippen LogP contribution in [-0.2, 0) is 11.2 Å². The molecule has 1 atom stereocenters. The number of rotatable bonds is 7. The molecule has 0 bridgehead atoms. The second kappa shape index (κ2) is 12.9. The molecule has 0 unspecified atom stereocenters. The van der Waals surface area contributed by atoms with Crippen LogP contribution in [0.2, 0.25) is 0 Å². The molecule has 3 aromatic heterocycles. The van der Waals surface area contributed by atoms with Crippen molar-refractivity contribution in [2.24, 2.45) is 0 Å². The van der Waals surface area contributed by atoms with Crippen molar-refractivity contribution in [3.8, 4) is 0 Å². The Morgan fingerprint density at radius 1 is 1.21 bits per heavy atom. The largest absolute Gasteiger partial charge is 0.324 e. The van der Waals surface area contributed by atoms with Crippen molar-refractivity contribution in [3.05, 3.63) is 69.7 Å². The number of hydrogen-bond donors (Lipinski definition) is 2. The highest BCUT2D eigenvalue weighted by Crippen LogP contribution is 2.31. The van der Waals surface area contributed by atoms with Gasteiger partial charge in [-0.05, 0) is 81.5 Å². The van der Waals surface area contributed by atoms with Crippen LogP contribution in [0.5, 0.6) is 0 Å². The van der Waals surface area contributed by atoms with Gasteiger partial charge in [-0.15, -0.1) is 11.3 Å². The zero-order valence-electron chi connectivity index (χ0n) is 23.1. The van der Waals surface area contributed by atoms with Gasteiger partial charge in [-0.2, -0.15) is 0 Å². The average Bonchev–Trinajstić information content (AvgIpc) is 3.60. The molecule has 39 heavy (non-hydrogen) atoms. The van der Waals surface area contributed by atoms with Crippen LogP contribution in [0.1, 0.15) is 82.3 Å². The second-order valence-corrected chi connectivity index (χ2v) is 10.4. The number of fused-ring (bicyclic) bond motifs is 1. The van der Waals surface area contributed by atoms with Crippen molar-refractivity contribution < 1.29 is 13.9 Å². The first kappa shape index (κ1) is 28.3. The summed E-state index contributed by atoms with van der Waals surface area (Å²) in [5, 5.41) is 8.77. The van der Waals surface area contributed by atoms with Gasteiger partial charge in [-0.1, -0.05) is 20.4 Å². The van der Waals surface area contributed by atoms with Crippen LogP contribution in [0, 0.1) is 6.92 Å². The maximum Gasteiger partial charge on any atom is 0.257 e. The van der Waals surface area contributed by atoms with Crippen LogP contribution in [0.3, 0.4) is 0 Å². The van der Waals surface area contributed by atoms with Gasteiger partial charge in [-0.3, -0.25) is 24.5 Å². The summed E-state index contributed by atoms with van der Waals surface area (Å²) >= 11 is 1.56. The summed E-state index contributed by atoms with van der Waals surface area (Å²) < 4.78 is 0. The third-order valence-corrected chi connectivity index (χ3v) is 7.75. The second-order valence-electron chi connectivity index (χ2n) is 9.53. The molecule has 1 aliphatic carbocycles. The Morgan fingerprint density at radius 2 is 2.03 bits per heavy atom. The Hall–Kier alpha value is -3.69. The van der Waals surface area contributed by atoms with Crippen LogP contribution in [0.4, 0.5) is 11.4 Å². The molecule has 1 aliphatic heterocycles. The monoisotopic (exact) mass is 550 g/mol. The standard InChI is InChI=1S/C28H30N6O2S.C2H6.3H2/c1-4-27-32-25(16-37-27)19-7-8-23-20(10-19)11-21(13-30-23)28(36)33-24-12-22(14-29-18(24)3)31-26(35)15-34-9-5-6-17(34)2;1-2;;;/h4,10-14,16-17H,1,5-9,15H2,2-3H3,(H,31,35)(H,33,36);1-2H3;3*1H/t17-;;;;/m0..../s1. The van der Waals surface area contributed by atoms with Crippen molar-refractivity contribution in [1.29, 1.82) is 0 Å². The predicted octanol–water partition coefficient (Wildman–Crippen LogP) is 6.81. The number of amides is 2. The molecule has 1 fully saturated rings. The summed E-state index contributed by atoms with van der Waals surface area (Å²) in [5.41, 5.74) is 6.18. The minimum Gasteiger partial charge on any atom is -0.324 e. The van der Waals surface area contributed by atoms with Crippen molar-refractivity contribution >= 4 is 52.3 Å². The van der Waals surface area contributed by atoms with E-state index in [1.807, 2.05) is 32.2 Å². The van der Waals surface area contributed by atoms with Gasteiger partial charge in [0.25, 0.3) is 5.91 Å². The Balaban J connectivity index is 0.00000173. The van der Waals surface area contributed by atoms with Gasteiger partial charge in [0.15, 0.2) is 0 Å². The van der Waals surface area contributed by atoms with Crippen LogP contribution in [0.25, 0.3) is 17.7 Å². The Bertz CT molecular complexity index is 1410. The minimum atomic E-state index is -0.280. The molecule has 3 aromatic rings. The lowest BCUT2D eigenvalue weighted by Gasteiger charge is -2.20. The van der Waals surface area contributed by atoms with E-state index in [0.717, 1.165) is 59.8 Å². The maximum atomic E-state index is 13.1. The Morgan fingerprint density at radius 3 is 2.74 bits per heavy atom. The fourth-order valence-corrected chi connectivity index (χ4v) is 5.43. The highest BCUT2D eigenvalue weighted by molar-refractivity contribution is 7.10. The van der Waals surface area contributed by atoms with E-state index in [1.165, 1.54) is 0 Å². The highest BCUT2D eigenvalue weighted by Gasteiger charge is 2.22. The van der Waals surface area contributed by atoms with Crippen molar-refractivity contribution in [2.75, 3.05) is 23.7 Å². The Kier molecular flexibility index (Phi) is 9.37. The van der Waals surface area contributed by atoms with Crippen LogP contribution >= 0.6 is 11.3 Å². The third-order valence-electron chi connectivity index (χ3n) is 6.91. The molecule has 5 rings (SSSR count). The van der Waals surface area contributed by atoms with E-state index < -0.39 is 0 Å².